The average molecular weight is 503 g/mol. The first-order valence-corrected chi connectivity index (χ1v) is 14.2. The number of hydrogen-bond donors (Lipinski definition) is 0. The van der Waals surface area contributed by atoms with Crippen molar-refractivity contribution in [2.45, 2.75) is 45.3 Å². The fraction of sp³-hybridized carbons (Fsp3) is 0.118. The SMILES string of the molecule is CCCc1ccc(C(c2cccc(Sc3ccccc3)c2)c2cccc(Sc3ccccc3)c2)cc1. The van der Waals surface area contributed by atoms with Gasteiger partial charge in [-0.2, -0.15) is 0 Å². The molecule has 178 valence electrons. The summed E-state index contributed by atoms with van der Waals surface area (Å²) in [5, 5.41) is 0. The predicted octanol–water partition coefficient (Wildman–Crippen LogP) is 10.1. The third-order valence-electron chi connectivity index (χ3n) is 6.19. The van der Waals surface area contributed by atoms with Crippen LogP contribution in [-0.2, 0) is 6.42 Å². The zero-order valence-electron chi connectivity index (χ0n) is 20.5. The summed E-state index contributed by atoms with van der Waals surface area (Å²) < 4.78 is 0. The summed E-state index contributed by atoms with van der Waals surface area (Å²) >= 11 is 3.64. The van der Waals surface area contributed by atoms with Crippen molar-refractivity contribution >= 4 is 23.5 Å². The van der Waals surface area contributed by atoms with E-state index in [0.29, 0.717) is 0 Å². The molecular weight excluding hydrogens is 473 g/mol. The lowest BCUT2D eigenvalue weighted by atomic mass is 9.85. The van der Waals surface area contributed by atoms with Crippen molar-refractivity contribution in [3.63, 3.8) is 0 Å². The Labute approximate surface area is 223 Å². The van der Waals surface area contributed by atoms with Gasteiger partial charge >= 0.3 is 0 Å². The van der Waals surface area contributed by atoms with Crippen LogP contribution in [0, 0.1) is 0 Å². The van der Waals surface area contributed by atoms with Gasteiger partial charge in [-0.05, 0) is 77.2 Å². The van der Waals surface area contributed by atoms with Crippen LogP contribution in [0.2, 0.25) is 0 Å². The van der Waals surface area contributed by atoms with Crippen LogP contribution < -0.4 is 0 Å². The molecule has 2 heteroatoms. The molecule has 0 bridgehead atoms. The lowest BCUT2D eigenvalue weighted by Crippen LogP contribution is -2.04. The molecule has 0 N–H and O–H groups in total. The Hall–Kier alpha value is -3.20. The quantitative estimate of drug-likeness (QED) is 0.184. The van der Waals surface area contributed by atoms with E-state index in [1.54, 1.807) is 0 Å². The summed E-state index contributed by atoms with van der Waals surface area (Å²) in [6.07, 6.45) is 2.29. The first kappa shape index (κ1) is 24.5. The molecule has 0 spiro atoms. The van der Waals surface area contributed by atoms with Crippen LogP contribution in [0.1, 0.15) is 41.5 Å². The fourth-order valence-corrected chi connectivity index (χ4v) is 6.32. The van der Waals surface area contributed by atoms with Gasteiger partial charge in [0.25, 0.3) is 0 Å². The topological polar surface area (TPSA) is 0 Å². The molecule has 0 amide bonds. The maximum absolute atomic E-state index is 2.36. The Morgan fingerprint density at radius 2 is 0.944 bits per heavy atom. The van der Waals surface area contributed by atoms with Crippen molar-refractivity contribution in [2.75, 3.05) is 0 Å². The molecule has 0 unspecified atom stereocenters. The van der Waals surface area contributed by atoms with E-state index >= 15 is 0 Å². The van der Waals surface area contributed by atoms with Gasteiger partial charge in [0.2, 0.25) is 0 Å². The van der Waals surface area contributed by atoms with E-state index in [0.717, 1.165) is 6.42 Å². The van der Waals surface area contributed by atoms with Gasteiger partial charge < -0.3 is 0 Å². The minimum absolute atomic E-state index is 0.174. The molecule has 5 aromatic rings. The van der Waals surface area contributed by atoms with Crippen LogP contribution in [0.3, 0.4) is 0 Å². The standard InChI is InChI=1S/C34H30S2/c1-2-11-26-20-22-27(23-21-26)34(28-12-9-18-32(24-28)35-30-14-5-3-6-15-30)29-13-10-19-33(25-29)36-31-16-7-4-8-17-31/h3-10,12-25,34H,2,11H2,1H3. The Morgan fingerprint density at radius 3 is 1.42 bits per heavy atom. The highest BCUT2D eigenvalue weighted by Gasteiger charge is 2.18. The zero-order chi connectivity index (χ0) is 24.6. The summed E-state index contributed by atoms with van der Waals surface area (Å²) in [5.74, 6) is 0.174. The maximum atomic E-state index is 2.36. The summed E-state index contributed by atoms with van der Waals surface area (Å²) in [6.45, 7) is 2.24. The van der Waals surface area contributed by atoms with Crippen LogP contribution in [0.5, 0.6) is 0 Å². The molecule has 0 aliphatic heterocycles. The first-order valence-electron chi connectivity index (χ1n) is 12.5. The predicted molar refractivity (Wildman–Crippen MR) is 155 cm³/mol. The third-order valence-corrected chi connectivity index (χ3v) is 8.19. The van der Waals surface area contributed by atoms with Crippen molar-refractivity contribution in [1.29, 1.82) is 0 Å². The van der Waals surface area contributed by atoms with Gasteiger partial charge in [-0.3, -0.25) is 0 Å². The molecule has 0 nitrogen and oxygen atoms in total. The highest BCUT2D eigenvalue weighted by molar-refractivity contribution is 7.99. The molecule has 0 saturated heterocycles. The van der Waals surface area contributed by atoms with Crippen LogP contribution in [0.4, 0.5) is 0 Å². The molecular formula is C34H30S2. The van der Waals surface area contributed by atoms with Gasteiger partial charge in [-0.1, -0.05) is 122 Å². The smallest absolute Gasteiger partial charge is 0.0340 e. The second-order valence-electron chi connectivity index (χ2n) is 8.90. The molecule has 5 aromatic carbocycles. The third kappa shape index (κ3) is 6.32. The van der Waals surface area contributed by atoms with E-state index in [2.05, 4.69) is 140 Å². The Kier molecular flexibility index (Phi) is 8.28. The zero-order valence-corrected chi connectivity index (χ0v) is 22.1. The Bertz CT molecular complexity index is 1290. The Balaban J connectivity index is 1.52. The van der Waals surface area contributed by atoms with E-state index in [1.165, 1.54) is 48.3 Å². The van der Waals surface area contributed by atoms with Gasteiger partial charge in [0.05, 0.1) is 0 Å². The largest absolute Gasteiger partial charge is 0.0901 e. The number of benzene rings is 5. The molecule has 0 atom stereocenters. The molecule has 0 fully saturated rings. The van der Waals surface area contributed by atoms with E-state index in [4.69, 9.17) is 0 Å². The molecule has 0 aromatic heterocycles. The minimum atomic E-state index is 0.174. The maximum Gasteiger partial charge on any atom is 0.0340 e. The van der Waals surface area contributed by atoms with Crippen molar-refractivity contribution in [2.24, 2.45) is 0 Å². The minimum Gasteiger partial charge on any atom is -0.0901 e. The highest BCUT2D eigenvalue weighted by Crippen LogP contribution is 2.38. The normalized spacial score (nSPS) is 11.1. The second kappa shape index (κ2) is 12.2. The molecule has 5 rings (SSSR count). The van der Waals surface area contributed by atoms with E-state index < -0.39 is 0 Å². The molecule has 0 aliphatic carbocycles. The van der Waals surface area contributed by atoms with Crippen LogP contribution in [0.15, 0.2) is 153 Å². The Morgan fingerprint density at radius 1 is 0.472 bits per heavy atom. The molecule has 36 heavy (non-hydrogen) atoms. The lowest BCUT2D eigenvalue weighted by Gasteiger charge is -2.21. The molecule has 0 aliphatic rings. The van der Waals surface area contributed by atoms with Crippen molar-refractivity contribution in [1.82, 2.24) is 0 Å². The molecule has 0 heterocycles. The van der Waals surface area contributed by atoms with Gasteiger partial charge in [0, 0.05) is 25.5 Å². The number of rotatable bonds is 9. The summed E-state index contributed by atoms with van der Waals surface area (Å²) in [7, 11) is 0. The van der Waals surface area contributed by atoms with Crippen molar-refractivity contribution in [3.05, 3.63) is 156 Å². The molecule has 0 radical (unpaired) electrons. The summed E-state index contributed by atoms with van der Waals surface area (Å²) in [6, 6.07) is 48.6. The lowest BCUT2D eigenvalue weighted by molar-refractivity contribution is 0.913. The summed E-state index contributed by atoms with van der Waals surface area (Å²) in [4.78, 5) is 5.05. The van der Waals surface area contributed by atoms with Gasteiger partial charge in [-0.15, -0.1) is 0 Å². The van der Waals surface area contributed by atoms with Crippen molar-refractivity contribution in [3.8, 4) is 0 Å². The van der Waals surface area contributed by atoms with Crippen molar-refractivity contribution < 1.29 is 0 Å². The number of hydrogen-bond acceptors (Lipinski definition) is 2. The summed E-state index contributed by atoms with van der Waals surface area (Å²) in [5.41, 5.74) is 5.38. The molecule has 0 saturated carbocycles. The average Bonchev–Trinajstić information content (AvgIpc) is 2.92. The van der Waals surface area contributed by atoms with E-state index in [1.807, 2.05) is 23.5 Å². The van der Waals surface area contributed by atoms with Crippen LogP contribution >= 0.6 is 23.5 Å². The van der Waals surface area contributed by atoms with E-state index in [-0.39, 0.29) is 5.92 Å². The van der Waals surface area contributed by atoms with Gasteiger partial charge in [-0.25, -0.2) is 0 Å². The van der Waals surface area contributed by atoms with Crippen LogP contribution in [0.25, 0.3) is 0 Å². The highest BCUT2D eigenvalue weighted by atomic mass is 32.2. The van der Waals surface area contributed by atoms with Gasteiger partial charge in [0.15, 0.2) is 0 Å². The van der Waals surface area contributed by atoms with Gasteiger partial charge in [0.1, 0.15) is 0 Å². The fourth-order valence-electron chi connectivity index (χ4n) is 4.51. The van der Waals surface area contributed by atoms with E-state index in [9.17, 15) is 0 Å². The monoisotopic (exact) mass is 502 g/mol. The van der Waals surface area contributed by atoms with Crippen LogP contribution in [-0.4, -0.2) is 0 Å². The number of aryl methyl sites for hydroxylation is 1. The first-order chi connectivity index (χ1) is 17.8. The second-order valence-corrected chi connectivity index (χ2v) is 11.2.